The second kappa shape index (κ2) is 10.1. The molecule has 0 amide bonds. The molecule has 0 aliphatic carbocycles. The van der Waals surface area contributed by atoms with Gasteiger partial charge in [0.05, 0.1) is 11.1 Å². The van der Waals surface area contributed by atoms with Crippen molar-refractivity contribution < 1.29 is 8.83 Å². The first-order chi connectivity index (χ1) is 23.3. The predicted molar refractivity (Wildman–Crippen MR) is 194 cm³/mol. The fourth-order valence-corrected chi connectivity index (χ4v) is 7.13. The van der Waals surface area contributed by atoms with Crippen LogP contribution < -0.4 is 4.90 Å². The number of aromatic nitrogens is 1. The van der Waals surface area contributed by atoms with Gasteiger partial charge in [-0.05, 0) is 87.9 Å². The number of furan rings is 2. The van der Waals surface area contributed by atoms with E-state index in [4.69, 9.17) is 8.83 Å². The van der Waals surface area contributed by atoms with E-state index in [0.29, 0.717) is 0 Å². The first-order valence-corrected chi connectivity index (χ1v) is 15.8. The van der Waals surface area contributed by atoms with Crippen LogP contribution in [0.5, 0.6) is 0 Å². The molecule has 3 aromatic heterocycles. The van der Waals surface area contributed by atoms with Gasteiger partial charge in [-0.25, -0.2) is 0 Å². The molecule has 0 N–H and O–H groups in total. The van der Waals surface area contributed by atoms with E-state index in [1.54, 1.807) is 0 Å². The first-order valence-electron chi connectivity index (χ1n) is 15.8. The van der Waals surface area contributed by atoms with Gasteiger partial charge in [-0.1, -0.05) is 91.0 Å². The Morgan fingerprint density at radius 3 is 2.09 bits per heavy atom. The molecule has 0 saturated heterocycles. The number of anilines is 3. The molecule has 0 aliphatic rings. The maximum absolute atomic E-state index is 6.43. The summed E-state index contributed by atoms with van der Waals surface area (Å²) in [6.07, 6.45) is 1.82. The van der Waals surface area contributed by atoms with Gasteiger partial charge in [0.15, 0.2) is 5.58 Å². The Bertz CT molecular complexity index is 2790. The minimum atomic E-state index is 0.800. The maximum atomic E-state index is 6.43. The number of benzene rings is 7. The minimum absolute atomic E-state index is 0.800. The van der Waals surface area contributed by atoms with Gasteiger partial charge < -0.3 is 13.7 Å². The van der Waals surface area contributed by atoms with Gasteiger partial charge in [0, 0.05) is 33.7 Å². The summed E-state index contributed by atoms with van der Waals surface area (Å²) in [5.41, 5.74) is 9.86. The molecule has 4 nitrogen and oxygen atoms in total. The Labute approximate surface area is 269 Å². The van der Waals surface area contributed by atoms with Crippen molar-refractivity contribution in [1.29, 1.82) is 0 Å². The Morgan fingerprint density at radius 1 is 0.447 bits per heavy atom. The SMILES string of the molecule is c1ccc(-c2ccc(N(c3ccc4c(ccc5ccc6c7ncccc7oc6c54)c3)c3cccc4oc5ccccc5c34)cc2)cc1. The van der Waals surface area contributed by atoms with Crippen LogP contribution in [0.1, 0.15) is 0 Å². The van der Waals surface area contributed by atoms with E-state index in [1.165, 1.54) is 11.1 Å². The van der Waals surface area contributed by atoms with Gasteiger partial charge in [-0.15, -0.1) is 0 Å². The zero-order valence-electron chi connectivity index (χ0n) is 25.2. The van der Waals surface area contributed by atoms with Crippen LogP contribution in [0, 0.1) is 0 Å². The van der Waals surface area contributed by atoms with E-state index in [2.05, 4.69) is 137 Å². The first kappa shape index (κ1) is 25.9. The molecule has 0 unspecified atom stereocenters. The molecule has 10 aromatic rings. The molecule has 220 valence electrons. The summed E-state index contributed by atoms with van der Waals surface area (Å²) >= 11 is 0. The van der Waals surface area contributed by atoms with Crippen molar-refractivity contribution in [2.45, 2.75) is 0 Å². The Balaban J connectivity index is 1.21. The van der Waals surface area contributed by atoms with E-state index in [9.17, 15) is 0 Å². The summed E-state index contributed by atoms with van der Waals surface area (Å²) in [5.74, 6) is 0. The molecule has 47 heavy (non-hydrogen) atoms. The van der Waals surface area contributed by atoms with Crippen molar-refractivity contribution in [3.63, 3.8) is 0 Å². The molecular weight excluding hydrogens is 576 g/mol. The van der Waals surface area contributed by atoms with Crippen molar-refractivity contribution >= 4 is 82.6 Å². The van der Waals surface area contributed by atoms with Crippen LogP contribution in [0.15, 0.2) is 167 Å². The van der Waals surface area contributed by atoms with Crippen molar-refractivity contribution in [1.82, 2.24) is 4.98 Å². The second-order valence-electron chi connectivity index (χ2n) is 12.0. The summed E-state index contributed by atoms with van der Waals surface area (Å²) in [5, 5.41) is 7.73. The third-order valence-electron chi connectivity index (χ3n) is 9.29. The van der Waals surface area contributed by atoms with Gasteiger partial charge in [-0.3, -0.25) is 4.98 Å². The number of fused-ring (bicyclic) bond motifs is 10. The molecule has 7 aromatic carbocycles. The van der Waals surface area contributed by atoms with Crippen molar-refractivity contribution in [2.24, 2.45) is 0 Å². The van der Waals surface area contributed by atoms with Crippen LogP contribution in [0.25, 0.3) is 76.7 Å². The molecule has 10 rings (SSSR count). The van der Waals surface area contributed by atoms with E-state index < -0.39 is 0 Å². The lowest BCUT2D eigenvalue weighted by molar-refractivity contribution is 0.669. The van der Waals surface area contributed by atoms with Crippen molar-refractivity contribution in [3.05, 3.63) is 158 Å². The average Bonchev–Trinajstić information content (AvgIpc) is 3.71. The van der Waals surface area contributed by atoms with Gasteiger partial charge in [0.25, 0.3) is 0 Å². The van der Waals surface area contributed by atoms with E-state index in [-0.39, 0.29) is 0 Å². The quantitative estimate of drug-likeness (QED) is 0.188. The Kier molecular flexibility index (Phi) is 5.54. The molecule has 0 bridgehead atoms. The zero-order chi connectivity index (χ0) is 30.9. The molecule has 0 saturated carbocycles. The lowest BCUT2D eigenvalue weighted by Gasteiger charge is -2.27. The van der Waals surface area contributed by atoms with Crippen LogP contribution in [-0.2, 0) is 0 Å². The highest BCUT2D eigenvalue weighted by Gasteiger charge is 2.20. The topological polar surface area (TPSA) is 42.4 Å². The fraction of sp³-hybridized carbons (Fsp3) is 0. The molecular formula is C43H26N2O2. The van der Waals surface area contributed by atoms with Crippen LogP contribution in [0.3, 0.4) is 0 Å². The summed E-state index contributed by atoms with van der Waals surface area (Å²) in [4.78, 5) is 6.96. The fourth-order valence-electron chi connectivity index (χ4n) is 7.13. The molecule has 0 atom stereocenters. The highest BCUT2D eigenvalue weighted by Crippen LogP contribution is 2.45. The lowest BCUT2D eigenvalue weighted by Crippen LogP contribution is -2.10. The third kappa shape index (κ3) is 3.98. The maximum Gasteiger partial charge on any atom is 0.153 e. The smallest absolute Gasteiger partial charge is 0.153 e. The normalized spacial score (nSPS) is 11.8. The van der Waals surface area contributed by atoms with E-state index in [0.717, 1.165) is 82.6 Å². The number of para-hydroxylation sites is 1. The van der Waals surface area contributed by atoms with E-state index >= 15 is 0 Å². The van der Waals surface area contributed by atoms with Crippen molar-refractivity contribution in [3.8, 4) is 11.1 Å². The number of hydrogen-bond acceptors (Lipinski definition) is 4. The predicted octanol–water partition coefficient (Wildman–Crippen LogP) is 12.3. The minimum Gasteiger partial charge on any atom is -0.456 e. The molecule has 0 fully saturated rings. The number of pyridine rings is 1. The Hall–Kier alpha value is -6.39. The van der Waals surface area contributed by atoms with Gasteiger partial charge >= 0.3 is 0 Å². The van der Waals surface area contributed by atoms with Gasteiger partial charge in [0.2, 0.25) is 0 Å². The summed E-state index contributed by atoms with van der Waals surface area (Å²) in [6, 6.07) is 53.2. The number of nitrogens with zero attached hydrogens (tertiary/aromatic N) is 2. The molecule has 0 radical (unpaired) electrons. The molecule has 0 aliphatic heterocycles. The second-order valence-corrected chi connectivity index (χ2v) is 12.0. The highest BCUT2D eigenvalue weighted by molar-refractivity contribution is 6.23. The zero-order valence-corrected chi connectivity index (χ0v) is 25.2. The summed E-state index contributed by atoms with van der Waals surface area (Å²) in [6.45, 7) is 0. The largest absolute Gasteiger partial charge is 0.456 e. The summed E-state index contributed by atoms with van der Waals surface area (Å²) in [7, 11) is 0. The van der Waals surface area contributed by atoms with E-state index in [1.807, 2.05) is 30.5 Å². The third-order valence-corrected chi connectivity index (χ3v) is 9.29. The monoisotopic (exact) mass is 602 g/mol. The van der Waals surface area contributed by atoms with Gasteiger partial charge in [0.1, 0.15) is 22.3 Å². The summed E-state index contributed by atoms with van der Waals surface area (Å²) < 4.78 is 12.8. The number of rotatable bonds is 4. The number of hydrogen-bond donors (Lipinski definition) is 0. The molecule has 0 spiro atoms. The highest BCUT2D eigenvalue weighted by atomic mass is 16.3. The van der Waals surface area contributed by atoms with Crippen LogP contribution in [0.2, 0.25) is 0 Å². The van der Waals surface area contributed by atoms with Crippen LogP contribution >= 0.6 is 0 Å². The van der Waals surface area contributed by atoms with Gasteiger partial charge in [-0.2, -0.15) is 0 Å². The van der Waals surface area contributed by atoms with Crippen LogP contribution in [-0.4, -0.2) is 4.98 Å². The Morgan fingerprint density at radius 2 is 1.17 bits per heavy atom. The lowest BCUT2D eigenvalue weighted by atomic mass is 9.99. The molecule has 3 heterocycles. The molecule has 4 heteroatoms. The van der Waals surface area contributed by atoms with Crippen molar-refractivity contribution in [2.75, 3.05) is 4.90 Å². The standard InChI is InChI=1S/C43H26N2O2/c1-2-8-27(9-3-1)28-17-20-31(21-18-28)45(36-11-6-13-38-41(36)34-10-4-5-12-37(34)46-38)32-22-24-33-30(26-32)16-15-29-19-23-35-42-39(14-7-25-44-42)47-43(35)40(29)33/h1-26H. The average molecular weight is 603 g/mol. The van der Waals surface area contributed by atoms with Crippen LogP contribution in [0.4, 0.5) is 17.1 Å².